The summed E-state index contributed by atoms with van der Waals surface area (Å²) in [4.78, 5) is 40.4. The van der Waals surface area contributed by atoms with E-state index in [-0.39, 0.29) is 41.3 Å². The van der Waals surface area contributed by atoms with Crippen LogP contribution in [-0.2, 0) is 29.4 Å². The van der Waals surface area contributed by atoms with Gasteiger partial charge in [-0.05, 0) is 132 Å². The lowest BCUT2D eigenvalue weighted by Gasteiger charge is -2.36. The molecule has 0 bridgehead atoms. The highest BCUT2D eigenvalue weighted by Crippen LogP contribution is 2.41. The van der Waals surface area contributed by atoms with Gasteiger partial charge in [-0.25, -0.2) is 0 Å². The molecule has 1 aromatic heterocycles. The Balaban J connectivity index is 1.00. The molecule has 0 spiro atoms. The predicted octanol–water partition coefficient (Wildman–Crippen LogP) is 7.29. The Hall–Kier alpha value is -4.37. The van der Waals surface area contributed by atoms with Crippen molar-refractivity contribution in [2.75, 3.05) is 38.0 Å². The van der Waals surface area contributed by atoms with Gasteiger partial charge in [-0.2, -0.15) is 13.2 Å². The van der Waals surface area contributed by atoms with Gasteiger partial charge in [0, 0.05) is 48.6 Å². The van der Waals surface area contributed by atoms with Gasteiger partial charge >= 0.3 is 12.5 Å². The molecule has 9 nitrogen and oxygen atoms in total. The number of alkyl halides is 6. The second kappa shape index (κ2) is 16.4. The van der Waals surface area contributed by atoms with E-state index in [1.54, 1.807) is 45.3 Å². The van der Waals surface area contributed by atoms with Crippen LogP contribution < -0.4 is 20.9 Å². The molecule has 15 heteroatoms. The van der Waals surface area contributed by atoms with Crippen LogP contribution in [0.4, 0.5) is 32.0 Å². The summed E-state index contributed by atoms with van der Waals surface area (Å²) in [6.45, 7) is 7.37. The molecular formula is C40H47F6N5O4. The minimum absolute atomic E-state index is 0.118. The normalized spacial score (nSPS) is 19.8. The maximum absolute atomic E-state index is 14.2. The topological polar surface area (TPSA) is 95.9 Å². The van der Waals surface area contributed by atoms with Crippen LogP contribution in [0, 0.1) is 19.8 Å². The number of nitrogens with zero attached hydrogens (tertiary/aromatic N) is 3. The maximum atomic E-state index is 14.2. The molecule has 0 radical (unpaired) electrons. The molecule has 0 aliphatic carbocycles. The molecule has 298 valence electrons. The minimum Gasteiger partial charge on any atom is -0.405 e. The van der Waals surface area contributed by atoms with E-state index in [1.165, 1.54) is 16.7 Å². The number of carbonyl (C=O) groups is 2. The van der Waals surface area contributed by atoms with E-state index in [1.807, 2.05) is 0 Å². The lowest BCUT2D eigenvalue weighted by Crippen LogP contribution is -2.47. The average molecular weight is 776 g/mol. The molecule has 2 amide bonds. The molecule has 6 rings (SSSR count). The Bertz CT molecular complexity index is 1950. The van der Waals surface area contributed by atoms with Crippen LogP contribution in [0.25, 0.3) is 11.1 Å². The van der Waals surface area contributed by atoms with Gasteiger partial charge in [0.15, 0.2) is 0 Å². The number of carbonyl (C=O) groups excluding carboxylic acids is 2. The van der Waals surface area contributed by atoms with E-state index >= 15 is 0 Å². The van der Waals surface area contributed by atoms with Gasteiger partial charge in [-0.15, -0.1) is 13.2 Å². The Morgan fingerprint density at radius 2 is 1.55 bits per heavy atom. The fourth-order valence-electron chi connectivity index (χ4n) is 8.13. The number of anilines is 1. The monoisotopic (exact) mass is 775 g/mol. The van der Waals surface area contributed by atoms with Gasteiger partial charge in [0.25, 0.3) is 5.56 Å². The van der Waals surface area contributed by atoms with Crippen molar-refractivity contribution in [2.24, 2.45) is 13.0 Å². The minimum atomic E-state index is -4.87. The molecular weight excluding hydrogens is 728 g/mol. The molecule has 2 aromatic carbocycles. The number of hydrogen-bond donors (Lipinski definition) is 2. The number of piperidine rings is 3. The van der Waals surface area contributed by atoms with E-state index in [2.05, 4.69) is 25.2 Å². The van der Waals surface area contributed by atoms with Crippen LogP contribution in [0.3, 0.4) is 0 Å². The highest BCUT2D eigenvalue weighted by Gasteiger charge is 2.37. The highest BCUT2D eigenvalue weighted by atomic mass is 19.4. The maximum Gasteiger partial charge on any atom is 0.573 e. The largest absolute Gasteiger partial charge is 0.573 e. The summed E-state index contributed by atoms with van der Waals surface area (Å²) in [5.74, 6) is -1.03. The van der Waals surface area contributed by atoms with Crippen molar-refractivity contribution in [1.29, 1.82) is 0 Å². The van der Waals surface area contributed by atoms with Crippen LogP contribution in [0.5, 0.6) is 5.75 Å². The van der Waals surface area contributed by atoms with Crippen LogP contribution in [0.2, 0.25) is 0 Å². The number of imide groups is 1. The van der Waals surface area contributed by atoms with Gasteiger partial charge in [0.2, 0.25) is 11.8 Å². The number of rotatable bonds is 10. The van der Waals surface area contributed by atoms with Gasteiger partial charge in [0.05, 0.1) is 5.56 Å². The number of nitrogens with one attached hydrogen (secondary N) is 2. The lowest BCUT2D eigenvalue weighted by atomic mass is 9.85. The molecule has 3 aromatic rings. The first kappa shape index (κ1) is 40.3. The van der Waals surface area contributed by atoms with Crippen molar-refractivity contribution < 1.29 is 40.7 Å². The van der Waals surface area contributed by atoms with Crippen molar-refractivity contribution in [1.82, 2.24) is 19.7 Å². The number of ether oxygens (including phenoxy) is 1. The van der Waals surface area contributed by atoms with Crippen LogP contribution in [0.15, 0.2) is 47.4 Å². The molecule has 1 unspecified atom stereocenters. The Morgan fingerprint density at radius 1 is 0.855 bits per heavy atom. The smallest absolute Gasteiger partial charge is 0.405 e. The number of amides is 2. The van der Waals surface area contributed by atoms with E-state index in [0.717, 1.165) is 31.9 Å². The number of likely N-dealkylation sites (tertiary alicyclic amines) is 2. The summed E-state index contributed by atoms with van der Waals surface area (Å²) in [7, 11) is 1.61. The molecule has 3 saturated heterocycles. The van der Waals surface area contributed by atoms with Crippen molar-refractivity contribution in [3.05, 3.63) is 80.8 Å². The quantitative estimate of drug-likeness (QED) is 0.165. The fraction of sp³-hybridized carbons (Fsp3) is 0.525. The van der Waals surface area contributed by atoms with Crippen molar-refractivity contribution in [3.63, 3.8) is 0 Å². The van der Waals surface area contributed by atoms with E-state index in [9.17, 15) is 40.7 Å². The molecule has 3 aliphatic rings. The molecule has 1 atom stereocenters. The molecule has 3 aliphatic heterocycles. The van der Waals surface area contributed by atoms with E-state index in [0.29, 0.717) is 79.3 Å². The number of halogens is 6. The second-order valence-electron chi connectivity index (χ2n) is 15.2. The third kappa shape index (κ3) is 9.90. The number of pyridine rings is 1. The summed E-state index contributed by atoms with van der Waals surface area (Å²) < 4.78 is 89.1. The van der Waals surface area contributed by atoms with Crippen LogP contribution in [-0.4, -0.2) is 71.3 Å². The third-order valence-corrected chi connectivity index (χ3v) is 11.5. The molecule has 3 fully saturated rings. The van der Waals surface area contributed by atoms with Gasteiger partial charge in [-0.1, -0.05) is 18.2 Å². The summed E-state index contributed by atoms with van der Waals surface area (Å²) in [6, 6.07) is 8.19. The van der Waals surface area contributed by atoms with E-state index in [4.69, 9.17) is 0 Å². The summed E-state index contributed by atoms with van der Waals surface area (Å²) >= 11 is 0. The Labute approximate surface area is 316 Å². The van der Waals surface area contributed by atoms with Crippen LogP contribution in [0.1, 0.15) is 78.7 Å². The van der Waals surface area contributed by atoms with Crippen molar-refractivity contribution in [2.45, 2.75) is 89.8 Å². The highest BCUT2D eigenvalue weighted by molar-refractivity contribution is 6.01. The number of hydrogen-bond acceptors (Lipinski definition) is 7. The van der Waals surface area contributed by atoms with Crippen molar-refractivity contribution in [3.8, 4) is 16.9 Å². The lowest BCUT2D eigenvalue weighted by molar-refractivity contribution is -0.275. The third-order valence-electron chi connectivity index (χ3n) is 11.5. The number of aromatic nitrogens is 1. The standard InChI is InChI=1S/C40H47F6N5O4/c1-24-25(2)38(54)49(3)23-32(24)28-4-5-29(35(20-28)55-40(44,45)46)22-51-16-11-26(12-17-51)10-15-50-18-13-27(14-19-50)31-7-6-30(21-33(31)39(41,42)43)47-34-8-9-36(52)48-37(34)53/h4-7,20-21,23,26-27,34,47H,8-19,22H2,1-3H3,(H,48,52,53). The zero-order valence-corrected chi connectivity index (χ0v) is 31.2. The second-order valence-corrected chi connectivity index (χ2v) is 15.2. The zero-order chi connectivity index (χ0) is 39.7. The first-order valence-electron chi connectivity index (χ1n) is 18.8. The van der Waals surface area contributed by atoms with E-state index < -0.39 is 36.0 Å². The summed E-state index contributed by atoms with van der Waals surface area (Å²) in [5, 5.41) is 5.07. The van der Waals surface area contributed by atoms with Gasteiger partial charge in [-0.3, -0.25) is 24.6 Å². The number of benzene rings is 2. The summed E-state index contributed by atoms with van der Waals surface area (Å²) in [6.07, 6.45) is -3.61. The fourth-order valence-corrected chi connectivity index (χ4v) is 8.13. The first-order chi connectivity index (χ1) is 25.9. The predicted molar refractivity (Wildman–Crippen MR) is 196 cm³/mol. The molecule has 2 N–H and O–H groups in total. The van der Waals surface area contributed by atoms with Gasteiger partial charge < -0.3 is 19.5 Å². The SMILES string of the molecule is Cc1c(-c2ccc(CN3CCC(CCN4CCC(c5ccc(NC6CCC(=O)NC6=O)cc5C(F)(F)F)CC4)CC3)c(OC(F)(F)F)c2)cn(C)c(=O)c1C. The van der Waals surface area contributed by atoms with Crippen LogP contribution >= 0.6 is 0 Å². The first-order valence-corrected chi connectivity index (χ1v) is 18.8. The van der Waals surface area contributed by atoms with Crippen molar-refractivity contribution >= 4 is 17.5 Å². The Kier molecular flexibility index (Phi) is 12.0. The number of aryl methyl sites for hydroxylation is 1. The molecule has 0 saturated carbocycles. The average Bonchev–Trinajstić information content (AvgIpc) is 3.13. The summed E-state index contributed by atoms with van der Waals surface area (Å²) in [5.41, 5.74) is 2.40. The van der Waals surface area contributed by atoms with Gasteiger partial charge in [0.1, 0.15) is 11.8 Å². The molecule has 55 heavy (non-hydrogen) atoms. The Morgan fingerprint density at radius 3 is 2.20 bits per heavy atom. The zero-order valence-electron chi connectivity index (χ0n) is 31.2. The molecule has 4 heterocycles.